The van der Waals surface area contributed by atoms with Crippen LogP contribution in [0.25, 0.3) is 5.69 Å². The summed E-state index contributed by atoms with van der Waals surface area (Å²) in [5.74, 6) is 0.293. The molecule has 1 atom stereocenters. The van der Waals surface area contributed by atoms with E-state index >= 15 is 0 Å². The molecule has 3 aromatic rings. The molecule has 0 bridgehead atoms. The Morgan fingerprint density at radius 2 is 2.16 bits per heavy atom. The van der Waals surface area contributed by atoms with E-state index < -0.39 is 0 Å². The van der Waals surface area contributed by atoms with E-state index in [1.165, 1.54) is 6.33 Å². The van der Waals surface area contributed by atoms with Crippen molar-refractivity contribution >= 4 is 6.03 Å². The lowest BCUT2D eigenvalue weighted by Crippen LogP contribution is -2.38. The van der Waals surface area contributed by atoms with E-state index in [1.54, 1.807) is 17.2 Å². The summed E-state index contributed by atoms with van der Waals surface area (Å²) < 4.78 is 3.54. The zero-order chi connectivity index (χ0) is 17.5. The molecule has 2 heterocycles. The summed E-state index contributed by atoms with van der Waals surface area (Å²) in [5.41, 5.74) is 1.90. The van der Waals surface area contributed by atoms with Crippen LogP contribution in [-0.2, 0) is 13.1 Å². The number of amides is 2. The van der Waals surface area contributed by atoms with Crippen LogP contribution >= 0.6 is 0 Å². The third-order valence-corrected chi connectivity index (χ3v) is 3.72. The van der Waals surface area contributed by atoms with Gasteiger partial charge in [0, 0.05) is 32.0 Å². The third-order valence-electron chi connectivity index (χ3n) is 3.72. The Balaban J connectivity index is 1.44. The van der Waals surface area contributed by atoms with Crippen LogP contribution in [0.15, 0.2) is 55.4 Å². The summed E-state index contributed by atoms with van der Waals surface area (Å²) in [6.07, 6.45) is 6.79. The minimum Gasteiger partial charge on any atom is -0.338 e. The van der Waals surface area contributed by atoms with Crippen LogP contribution in [-0.4, -0.2) is 37.1 Å². The number of rotatable bonds is 7. The van der Waals surface area contributed by atoms with E-state index in [2.05, 4.69) is 32.7 Å². The first-order chi connectivity index (χ1) is 12.2. The van der Waals surface area contributed by atoms with Crippen LogP contribution in [0.1, 0.15) is 12.5 Å². The minimum atomic E-state index is -0.182. The lowest BCUT2D eigenvalue weighted by molar-refractivity contribution is 0.238. The van der Waals surface area contributed by atoms with Crippen molar-refractivity contribution in [2.24, 2.45) is 5.92 Å². The lowest BCUT2D eigenvalue weighted by atomic mass is 10.2. The van der Waals surface area contributed by atoms with Crippen molar-refractivity contribution in [1.82, 2.24) is 35.2 Å². The molecule has 0 aliphatic heterocycles. The summed E-state index contributed by atoms with van der Waals surface area (Å²) >= 11 is 0. The van der Waals surface area contributed by atoms with Gasteiger partial charge in [0.25, 0.3) is 0 Å². The summed E-state index contributed by atoms with van der Waals surface area (Å²) in [6, 6.07) is 9.50. The standard InChI is InChI=1S/C17H21N7O/c1-14(11-23-7-3-6-21-23)9-19-17(25)20-10-15-4-2-5-16(8-15)24-13-18-12-22-24/h2-8,12-14H,9-11H2,1H3,(H2,19,20,25)/t14-/m0/s1. The molecular formula is C17H21N7O. The molecule has 2 N–H and O–H groups in total. The first-order valence-corrected chi connectivity index (χ1v) is 8.14. The molecule has 3 rings (SSSR count). The van der Waals surface area contributed by atoms with Gasteiger partial charge in [0.15, 0.2) is 0 Å². The molecule has 2 amide bonds. The maximum atomic E-state index is 12.0. The van der Waals surface area contributed by atoms with E-state index in [-0.39, 0.29) is 6.03 Å². The van der Waals surface area contributed by atoms with Crippen molar-refractivity contribution in [1.29, 1.82) is 0 Å². The Bertz CT molecular complexity index is 783. The molecule has 0 fully saturated rings. The fraction of sp³-hybridized carbons (Fsp3) is 0.294. The molecule has 130 valence electrons. The summed E-state index contributed by atoms with van der Waals surface area (Å²) in [5, 5.41) is 14.0. The molecule has 0 spiro atoms. The average molecular weight is 339 g/mol. The predicted octanol–water partition coefficient (Wildman–Crippen LogP) is 1.60. The van der Waals surface area contributed by atoms with E-state index in [0.717, 1.165) is 17.8 Å². The fourth-order valence-corrected chi connectivity index (χ4v) is 2.45. The highest BCUT2D eigenvalue weighted by molar-refractivity contribution is 5.73. The van der Waals surface area contributed by atoms with Gasteiger partial charge in [0.1, 0.15) is 12.7 Å². The summed E-state index contributed by atoms with van der Waals surface area (Å²) in [4.78, 5) is 15.9. The molecule has 25 heavy (non-hydrogen) atoms. The van der Waals surface area contributed by atoms with Crippen molar-refractivity contribution in [2.45, 2.75) is 20.0 Å². The van der Waals surface area contributed by atoms with Crippen LogP contribution in [0.4, 0.5) is 4.79 Å². The molecule has 8 nitrogen and oxygen atoms in total. The number of nitrogens with zero attached hydrogens (tertiary/aromatic N) is 5. The quantitative estimate of drug-likeness (QED) is 0.684. The number of hydrogen-bond donors (Lipinski definition) is 2. The Labute approximate surface area is 145 Å². The largest absolute Gasteiger partial charge is 0.338 e. The van der Waals surface area contributed by atoms with Crippen molar-refractivity contribution < 1.29 is 4.79 Å². The fourth-order valence-electron chi connectivity index (χ4n) is 2.45. The number of hydrogen-bond acceptors (Lipinski definition) is 4. The van der Waals surface area contributed by atoms with Crippen molar-refractivity contribution in [3.05, 3.63) is 60.9 Å². The number of aromatic nitrogens is 5. The number of carbonyl (C=O) groups is 1. The zero-order valence-electron chi connectivity index (χ0n) is 14.0. The minimum absolute atomic E-state index is 0.182. The van der Waals surface area contributed by atoms with Crippen molar-refractivity contribution in [3.8, 4) is 5.69 Å². The van der Waals surface area contributed by atoms with Crippen LogP contribution in [0, 0.1) is 5.92 Å². The second kappa shape index (κ2) is 8.09. The lowest BCUT2D eigenvalue weighted by Gasteiger charge is -2.13. The van der Waals surface area contributed by atoms with E-state index in [4.69, 9.17) is 0 Å². The molecule has 8 heteroatoms. The van der Waals surface area contributed by atoms with Gasteiger partial charge >= 0.3 is 6.03 Å². The molecule has 0 unspecified atom stereocenters. The molecular weight excluding hydrogens is 318 g/mol. The molecule has 0 aliphatic rings. The highest BCUT2D eigenvalue weighted by Crippen LogP contribution is 2.08. The van der Waals surface area contributed by atoms with Gasteiger partial charge in [-0.2, -0.15) is 10.2 Å². The van der Waals surface area contributed by atoms with Gasteiger partial charge in [-0.3, -0.25) is 4.68 Å². The molecule has 0 aliphatic carbocycles. The SMILES string of the molecule is C[C@@H](CNC(=O)NCc1cccc(-n2cncn2)c1)Cn1cccn1. The first-order valence-electron chi connectivity index (χ1n) is 8.14. The second-order valence-electron chi connectivity index (χ2n) is 5.91. The Kier molecular flexibility index (Phi) is 5.40. The van der Waals surface area contributed by atoms with Gasteiger partial charge < -0.3 is 10.6 Å². The number of nitrogens with one attached hydrogen (secondary N) is 2. The number of carbonyl (C=O) groups excluding carboxylic acids is 1. The molecule has 2 aromatic heterocycles. The number of benzene rings is 1. The summed E-state index contributed by atoms with van der Waals surface area (Å²) in [7, 11) is 0. The highest BCUT2D eigenvalue weighted by Gasteiger charge is 2.07. The van der Waals surface area contributed by atoms with E-state index in [1.807, 2.05) is 41.2 Å². The molecule has 1 aromatic carbocycles. The van der Waals surface area contributed by atoms with Crippen LogP contribution in [0.5, 0.6) is 0 Å². The normalized spacial score (nSPS) is 11.9. The molecule has 0 saturated heterocycles. The van der Waals surface area contributed by atoms with Gasteiger partial charge in [-0.15, -0.1) is 0 Å². The first kappa shape index (κ1) is 16.7. The average Bonchev–Trinajstić information content (AvgIpc) is 3.32. The van der Waals surface area contributed by atoms with Gasteiger partial charge in [-0.25, -0.2) is 14.5 Å². The smallest absolute Gasteiger partial charge is 0.315 e. The Morgan fingerprint density at radius 3 is 2.92 bits per heavy atom. The van der Waals surface area contributed by atoms with Crippen molar-refractivity contribution in [3.63, 3.8) is 0 Å². The van der Waals surface area contributed by atoms with Gasteiger partial charge in [-0.05, 0) is 29.7 Å². The van der Waals surface area contributed by atoms with E-state index in [0.29, 0.717) is 19.0 Å². The van der Waals surface area contributed by atoms with Crippen LogP contribution in [0.3, 0.4) is 0 Å². The zero-order valence-corrected chi connectivity index (χ0v) is 14.0. The summed E-state index contributed by atoms with van der Waals surface area (Å²) in [6.45, 7) is 3.88. The van der Waals surface area contributed by atoms with Gasteiger partial charge in [0.2, 0.25) is 0 Å². The van der Waals surface area contributed by atoms with Gasteiger partial charge in [-0.1, -0.05) is 19.1 Å². The molecule has 0 saturated carbocycles. The van der Waals surface area contributed by atoms with Crippen LogP contribution in [0.2, 0.25) is 0 Å². The monoisotopic (exact) mass is 339 g/mol. The Hall–Kier alpha value is -3.16. The predicted molar refractivity (Wildman–Crippen MR) is 93.0 cm³/mol. The van der Waals surface area contributed by atoms with Crippen molar-refractivity contribution in [2.75, 3.05) is 6.54 Å². The van der Waals surface area contributed by atoms with E-state index in [9.17, 15) is 4.79 Å². The van der Waals surface area contributed by atoms with Gasteiger partial charge in [0.05, 0.1) is 5.69 Å². The third kappa shape index (κ3) is 4.90. The maximum absolute atomic E-state index is 12.0. The second-order valence-corrected chi connectivity index (χ2v) is 5.91. The maximum Gasteiger partial charge on any atom is 0.315 e. The topological polar surface area (TPSA) is 89.7 Å². The molecule has 0 radical (unpaired) electrons. The van der Waals surface area contributed by atoms with Crippen LogP contribution < -0.4 is 10.6 Å². The number of urea groups is 1. The highest BCUT2D eigenvalue weighted by atomic mass is 16.2. The Morgan fingerprint density at radius 1 is 1.24 bits per heavy atom.